The first-order valence-corrected chi connectivity index (χ1v) is 6.98. The summed E-state index contributed by atoms with van der Waals surface area (Å²) in [5.41, 5.74) is 0.478. The predicted molar refractivity (Wildman–Crippen MR) is 80.4 cm³/mol. The molecule has 0 aromatic heterocycles. The average molecular weight is 360 g/mol. The second kappa shape index (κ2) is 6.42. The van der Waals surface area contributed by atoms with E-state index in [1.165, 1.54) is 6.07 Å². The first kappa shape index (κ1) is 14.4. The van der Waals surface area contributed by atoms with Crippen LogP contribution in [-0.2, 0) is 0 Å². The summed E-state index contributed by atoms with van der Waals surface area (Å²) in [5, 5.41) is 0.781. The largest absolute Gasteiger partial charge is 0.485 e. The first-order chi connectivity index (χ1) is 9.06. The lowest BCUT2D eigenvalue weighted by Crippen LogP contribution is -2.11. The van der Waals surface area contributed by atoms with Gasteiger partial charge in [-0.15, -0.1) is 0 Å². The molecule has 19 heavy (non-hydrogen) atoms. The van der Waals surface area contributed by atoms with Crippen molar-refractivity contribution in [1.82, 2.24) is 0 Å². The van der Waals surface area contributed by atoms with Crippen LogP contribution in [0.5, 0.6) is 5.75 Å². The summed E-state index contributed by atoms with van der Waals surface area (Å²) in [6, 6.07) is 12.0. The van der Waals surface area contributed by atoms with E-state index in [4.69, 9.17) is 27.9 Å². The van der Waals surface area contributed by atoms with Crippen LogP contribution in [0.25, 0.3) is 0 Å². The molecule has 0 unspecified atom stereocenters. The zero-order valence-electron chi connectivity index (χ0n) is 9.70. The minimum absolute atomic E-state index is 0.0421. The average Bonchev–Trinajstić information content (AvgIpc) is 2.41. The number of hydrogen-bond acceptors (Lipinski definition) is 2. The van der Waals surface area contributed by atoms with Gasteiger partial charge in [-0.2, -0.15) is 0 Å². The highest BCUT2D eigenvalue weighted by Crippen LogP contribution is 2.23. The summed E-state index contributed by atoms with van der Waals surface area (Å²) in [7, 11) is 0. The molecular formula is C14H9BrCl2O2. The van der Waals surface area contributed by atoms with E-state index in [-0.39, 0.29) is 12.4 Å². The van der Waals surface area contributed by atoms with Crippen LogP contribution in [0.15, 0.2) is 46.9 Å². The Morgan fingerprint density at radius 1 is 1.05 bits per heavy atom. The summed E-state index contributed by atoms with van der Waals surface area (Å²) in [6.45, 7) is -0.0421. The third-order valence-corrected chi connectivity index (χ3v) is 3.69. The van der Waals surface area contributed by atoms with Crippen LogP contribution in [0.1, 0.15) is 10.4 Å². The van der Waals surface area contributed by atoms with Gasteiger partial charge in [0.1, 0.15) is 5.75 Å². The molecule has 2 nitrogen and oxygen atoms in total. The third-order valence-electron chi connectivity index (χ3n) is 2.43. The molecule has 0 bridgehead atoms. The maximum atomic E-state index is 11.9. The molecule has 0 aliphatic heterocycles. The van der Waals surface area contributed by atoms with E-state index in [1.807, 2.05) is 12.1 Å². The monoisotopic (exact) mass is 358 g/mol. The first-order valence-electron chi connectivity index (χ1n) is 5.43. The minimum Gasteiger partial charge on any atom is -0.485 e. The molecule has 0 heterocycles. The molecule has 0 fully saturated rings. The third kappa shape index (κ3) is 3.96. The van der Waals surface area contributed by atoms with Gasteiger partial charge in [-0.25, -0.2) is 0 Å². The smallest absolute Gasteiger partial charge is 0.200 e. The van der Waals surface area contributed by atoms with Crippen molar-refractivity contribution >= 4 is 44.9 Å². The lowest BCUT2D eigenvalue weighted by atomic mass is 10.1. The maximum absolute atomic E-state index is 11.9. The molecule has 0 radical (unpaired) electrons. The van der Waals surface area contributed by atoms with Crippen LogP contribution < -0.4 is 4.74 Å². The molecule has 0 spiro atoms. The Kier molecular flexibility index (Phi) is 4.86. The summed E-state index contributed by atoms with van der Waals surface area (Å²) >= 11 is 15.0. The number of carbonyl (C=O) groups excluding carboxylic acids is 1. The minimum atomic E-state index is -0.151. The van der Waals surface area contributed by atoms with Crippen molar-refractivity contribution in [3.8, 4) is 5.75 Å². The molecule has 0 saturated carbocycles. The zero-order chi connectivity index (χ0) is 13.8. The quantitative estimate of drug-likeness (QED) is 0.716. The standard InChI is InChI=1S/C14H9BrCl2O2/c15-10-2-4-11(5-3-10)19-8-14(18)9-1-6-12(16)13(17)7-9/h1-7H,8H2. The van der Waals surface area contributed by atoms with Crippen LogP contribution in [0.4, 0.5) is 0 Å². The summed E-state index contributed by atoms with van der Waals surface area (Å²) in [5.74, 6) is 0.484. The van der Waals surface area contributed by atoms with Crippen LogP contribution in [0.2, 0.25) is 10.0 Å². The Labute approximate surface area is 129 Å². The summed E-state index contributed by atoms with van der Waals surface area (Å²) < 4.78 is 6.36. The Bertz CT molecular complexity index is 597. The van der Waals surface area contributed by atoms with Crippen LogP contribution in [0.3, 0.4) is 0 Å². The summed E-state index contributed by atoms with van der Waals surface area (Å²) in [4.78, 5) is 11.9. The molecule has 5 heteroatoms. The van der Waals surface area contributed by atoms with Gasteiger partial charge >= 0.3 is 0 Å². The molecule has 0 aliphatic rings. The molecule has 0 N–H and O–H groups in total. The number of ether oxygens (including phenoxy) is 1. The van der Waals surface area contributed by atoms with Gasteiger partial charge in [0.2, 0.25) is 0 Å². The lowest BCUT2D eigenvalue weighted by Gasteiger charge is -2.06. The van der Waals surface area contributed by atoms with Crippen molar-refractivity contribution in [2.75, 3.05) is 6.61 Å². The van der Waals surface area contributed by atoms with Gasteiger partial charge in [-0.1, -0.05) is 39.1 Å². The van der Waals surface area contributed by atoms with E-state index in [1.54, 1.807) is 24.3 Å². The number of Topliss-reactive ketones (excluding diaryl/α,β-unsaturated/α-hetero) is 1. The van der Waals surface area contributed by atoms with Crippen molar-refractivity contribution in [2.24, 2.45) is 0 Å². The van der Waals surface area contributed by atoms with E-state index < -0.39 is 0 Å². The van der Waals surface area contributed by atoms with Crippen molar-refractivity contribution < 1.29 is 9.53 Å². The molecule has 2 aromatic carbocycles. The van der Waals surface area contributed by atoms with E-state index in [9.17, 15) is 4.79 Å². The molecule has 0 atom stereocenters. The SMILES string of the molecule is O=C(COc1ccc(Br)cc1)c1ccc(Cl)c(Cl)c1. The fraction of sp³-hybridized carbons (Fsp3) is 0.0714. The molecular weight excluding hydrogens is 351 g/mol. The van der Waals surface area contributed by atoms with Gasteiger partial charge in [0.05, 0.1) is 10.0 Å². The zero-order valence-corrected chi connectivity index (χ0v) is 12.8. The Balaban J connectivity index is 2.01. The van der Waals surface area contributed by atoms with Crippen LogP contribution in [-0.4, -0.2) is 12.4 Å². The molecule has 0 saturated heterocycles. The van der Waals surface area contributed by atoms with Gasteiger partial charge in [-0.3, -0.25) is 4.79 Å². The van der Waals surface area contributed by atoms with Crippen molar-refractivity contribution in [2.45, 2.75) is 0 Å². The fourth-order valence-electron chi connectivity index (χ4n) is 1.43. The second-order valence-corrected chi connectivity index (χ2v) is 5.52. The molecule has 2 rings (SSSR count). The molecule has 0 aliphatic carbocycles. The highest BCUT2D eigenvalue weighted by molar-refractivity contribution is 9.10. The number of hydrogen-bond donors (Lipinski definition) is 0. The van der Waals surface area contributed by atoms with Gasteiger partial charge in [0, 0.05) is 10.0 Å². The van der Waals surface area contributed by atoms with Crippen molar-refractivity contribution in [3.05, 3.63) is 62.5 Å². The fourth-order valence-corrected chi connectivity index (χ4v) is 2.00. The maximum Gasteiger partial charge on any atom is 0.200 e. The van der Waals surface area contributed by atoms with Gasteiger partial charge in [-0.05, 0) is 42.5 Å². The number of carbonyl (C=O) groups is 1. The Morgan fingerprint density at radius 3 is 2.37 bits per heavy atom. The predicted octanol–water partition coefficient (Wildman–Crippen LogP) is 5.02. The van der Waals surface area contributed by atoms with E-state index in [0.717, 1.165) is 4.47 Å². The van der Waals surface area contributed by atoms with Crippen LogP contribution in [0, 0.1) is 0 Å². The van der Waals surface area contributed by atoms with Crippen LogP contribution >= 0.6 is 39.1 Å². The normalized spacial score (nSPS) is 10.3. The van der Waals surface area contributed by atoms with Gasteiger partial charge in [0.15, 0.2) is 12.4 Å². The molecule has 0 amide bonds. The summed E-state index contributed by atoms with van der Waals surface area (Å²) in [6.07, 6.45) is 0. The second-order valence-electron chi connectivity index (χ2n) is 3.79. The van der Waals surface area contributed by atoms with E-state index in [0.29, 0.717) is 21.4 Å². The van der Waals surface area contributed by atoms with E-state index in [2.05, 4.69) is 15.9 Å². The van der Waals surface area contributed by atoms with Gasteiger partial charge < -0.3 is 4.74 Å². The van der Waals surface area contributed by atoms with Crippen molar-refractivity contribution in [3.63, 3.8) is 0 Å². The van der Waals surface area contributed by atoms with Crippen molar-refractivity contribution in [1.29, 1.82) is 0 Å². The molecule has 98 valence electrons. The van der Waals surface area contributed by atoms with E-state index >= 15 is 0 Å². The highest BCUT2D eigenvalue weighted by Gasteiger charge is 2.09. The number of halogens is 3. The number of rotatable bonds is 4. The molecule has 2 aromatic rings. The Morgan fingerprint density at radius 2 is 1.74 bits per heavy atom. The van der Waals surface area contributed by atoms with Gasteiger partial charge in [0.25, 0.3) is 0 Å². The highest BCUT2D eigenvalue weighted by atomic mass is 79.9. The topological polar surface area (TPSA) is 26.3 Å². The lowest BCUT2D eigenvalue weighted by molar-refractivity contribution is 0.0921. The Hall–Kier alpha value is -1.03. The number of benzene rings is 2. The number of ketones is 1.